The van der Waals surface area contributed by atoms with Gasteiger partial charge < -0.3 is 20.0 Å². The quantitative estimate of drug-likeness (QED) is 0.809. The van der Waals surface area contributed by atoms with Crippen molar-refractivity contribution in [3.8, 4) is 0 Å². The van der Waals surface area contributed by atoms with Crippen LogP contribution in [0.15, 0.2) is 28.7 Å². The molecule has 2 aliphatic rings. The number of oxazole rings is 1. The molecule has 1 atom stereocenters. The zero-order chi connectivity index (χ0) is 18.1. The molecule has 28 heavy (non-hydrogen) atoms. The van der Waals surface area contributed by atoms with Gasteiger partial charge >= 0.3 is 0 Å². The minimum Gasteiger partial charge on any atom is -0.423 e. The summed E-state index contributed by atoms with van der Waals surface area (Å²) in [5, 5.41) is 0. The van der Waals surface area contributed by atoms with Crippen LogP contribution in [0.25, 0.3) is 11.1 Å². The number of likely N-dealkylation sites (tertiary alicyclic amines) is 1. The van der Waals surface area contributed by atoms with Crippen LogP contribution in [0, 0.1) is 11.8 Å². The van der Waals surface area contributed by atoms with Gasteiger partial charge in [-0.1, -0.05) is 12.1 Å². The summed E-state index contributed by atoms with van der Waals surface area (Å²) >= 11 is 0. The molecule has 8 heteroatoms. The van der Waals surface area contributed by atoms with Gasteiger partial charge in [-0.15, -0.1) is 24.8 Å². The highest BCUT2D eigenvalue weighted by molar-refractivity contribution is 5.85. The normalized spacial score (nSPS) is 19.8. The highest BCUT2D eigenvalue weighted by Gasteiger charge is 2.32. The molecule has 0 spiro atoms. The molecule has 1 unspecified atom stereocenters. The number of carbonyl (C=O) groups is 1. The maximum absolute atomic E-state index is 12.9. The van der Waals surface area contributed by atoms with Crippen LogP contribution in [0.5, 0.6) is 0 Å². The molecule has 1 aromatic heterocycles. The number of hydrogen-bond donors (Lipinski definition) is 1. The first-order valence-corrected chi connectivity index (χ1v) is 9.76. The van der Waals surface area contributed by atoms with Gasteiger partial charge in [0.15, 0.2) is 5.58 Å². The Morgan fingerprint density at radius 2 is 1.75 bits per heavy atom. The van der Waals surface area contributed by atoms with Crippen LogP contribution in [-0.2, 0) is 4.79 Å². The molecule has 2 fully saturated rings. The van der Waals surface area contributed by atoms with E-state index in [0.717, 1.165) is 63.0 Å². The zero-order valence-electron chi connectivity index (χ0n) is 16.3. The lowest BCUT2D eigenvalue weighted by Crippen LogP contribution is -2.47. The summed E-state index contributed by atoms with van der Waals surface area (Å²) in [6.45, 7) is 5.43. The van der Waals surface area contributed by atoms with Gasteiger partial charge in [-0.3, -0.25) is 4.79 Å². The summed E-state index contributed by atoms with van der Waals surface area (Å²) in [4.78, 5) is 21.6. The van der Waals surface area contributed by atoms with E-state index >= 15 is 0 Å². The molecule has 1 aromatic carbocycles. The van der Waals surface area contributed by atoms with Crippen molar-refractivity contribution in [3.05, 3.63) is 24.3 Å². The van der Waals surface area contributed by atoms with Gasteiger partial charge in [0.2, 0.25) is 5.91 Å². The van der Waals surface area contributed by atoms with Gasteiger partial charge in [-0.2, -0.15) is 4.98 Å². The minimum absolute atomic E-state index is 0. The third-order valence-corrected chi connectivity index (χ3v) is 5.99. The number of aromatic nitrogens is 1. The maximum atomic E-state index is 12.9. The van der Waals surface area contributed by atoms with Crippen molar-refractivity contribution in [1.29, 1.82) is 0 Å². The largest absolute Gasteiger partial charge is 0.423 e. The van der Waals surface area contributed by atoms with Crippen LogP contribution in [0.2, 0.25) is 0 Å². The van der Waals surface area contributed by atoms with Gasteiger partial charge in [-0.25, -0.2) is 0 Å². The number of fused-ring (bicyclic) bond motifs is 1. The Bertz CT molecular complexity index is 733. The first kappa shape index (κ1) is 22.8. The Hall–Kier alpha value is -1.50. The number of halogens is 2. The van der Waals surface area contributed by atoms with E-state index in [1.54, 1.807) is 0 Å². The van der Waals surface area contributed by atoms with Crippen LogP contribution in [0.4, 0.5) is 6.01 Å². The molecule has 0 bridgehead atoms. The Morgan fingerprint density at radius 3 is 2.36 bits per heavy atom. The smallest absolute Gasteiger partial charge is 0.298 e. The summed E-state index contributed by atoms with van der Waals surface area (Å²) < 4.78 is 5.86. The lowest BCUT2D eigenvalue weighted by Gasteiger charge is -2.37. The molecule has 0 aliphatic carbocycles. The molecule has 156 valence electrons. The van der Waals surface area contributed by atoms with Crippen molar-refractivity contribution in [2.75, 3.05) is 31.1 Å². The van der Waals surface area contributed by atoms with Crippen molar-refractivity contribution in [2.24, 2.45) is 17.6 Å². The highest BCUT2D eigenvalue weighted by atomic mass is 35.5. The second-order valence-corrected chi connectivity index (χ2v) is 7.75. The number of benzene rings is 1. The fourth-order valence-electron chi connectivity index (χ4n) is 4.22. The summed E-state index contributed by atoms with van der Waals surface area (Å²) in [5.41, 5.74) is 7.71. The summed E-state index contributed by atoms with van der Waals surface area (Å²) in [5.74, 6) is 1.01. The average Bonchev–Trinajstić information content (AvgIpc) is 3.12. The number of anilines is 1. The van der Waals surface area contributed by atoms with Crippen LogP contribution < -0.4 is 10.6 Å². The maximum Gasteiger partial charge on any atom is 0.298 e. The van der Waals surface area contributed by atoms with Crippen molar-refractivity contribution in [3.63, 3.8) is 0 Å². The molecule has 6 nitrogen and oxygen atoms in total. The molecule has 0 saturated carbocycles. The van der Waals surface area contributed by atoms with Crippen molar-refractivity contribution < 1.29 is 9.21 Å². The summed E-state index contributed by atoms with van der Waals surface area (Å²) in [6.07, 6.45) is 3.80. The van der Waals surface area contributed by atoms with Crippen LogP contribution in [0.1, 0.15) is 32.6 Å². The lowest BCUT2D eigenvalue weighted by molar-refractivity contribution is -0.137. The molecule has 1 amide bonds. The standard InChI is InChI=1S/C20H28N4O2.2ClH/c1-14(21)15-6-10-23(11-7-15)19(25)16-8-12-24(13-9-16)20-22-17-4-2-3-5-18(17)26-20;;/h2-5,14-16H,6-13,21H2,1H3;2*1H. The Labute approximate surface area is 178 Å². The predicted octanol–water partition coefficient (Wildman–Crippen LogP) is 3.47. The molecule has 2 aliphatic heterocycles. The zero-order valence-corrected chi connectivity index (χ0v) is 17.9. The Morgan fingerprint density at radius 1 is 1.11 bits per heavy atom. The molecule has 2 N–H and O–H groups in total. The second kappa shape index (κ2) is 9.81. The van der Waals surface area contributed by atoms with Gasteiger partial charge in [0.25, 0.3) is 6.01 Å². The number of hydrogen-bond acceptors (Lipinski definition) is 5. The topological polar surface area (TPSA) is 75.6 Å². The van der Waals surface area contributed by atoms with Crippen molar-refractivity contribution >= 4 is 47.8 Å². The van der Waals surface area contributed by atoms with Crippen molar-refractivity contribution in [2.45, 2.75) is 38.6 Å². The van der Waals surface area contributed by atoms with E-state index in [1.807, 2.05) is 24.3 Å². The third-order valence-electron chi connectivity index (χ3n) is 5.99. The highest BCUT2D eigenvalue weighted by Crippen LogP contribution is 2.28. The molecule has 3 heterocycles. The third kappa shape index (κ3) is 4.73. The van der Waals surface area contributed by atoms with E-state index in [1.165, 1.54) is 0 Å². The number of carbonyl (C=O) groups excluding carboxylic acids is 1. The minimum atomic E-state index is 0. The fourth-order valence-corrected chi connectivity index (χ4v) is 4.22. The SMILES string of the molecule is CC(N)C1CCN(C(=O)C2CCN(c3nc4ccccc4o3)CC2)CC1.Cl.Cl. The molecule has 2 aromatic rings. The van der Waals surface area contributed by atoms with Crippen LogP contribution in [0.3, 0.4) is 0 Å². The number of nitrogens with two attached hydrogens (primary N) is 1. The van der Waals surface area contributed by atoms with E-state index < -0.39 is 0 Å². The number of amides is 1. The van der Waals surface area contributed by atoms with E-state index in [2.05, 4.69) is 21.7 Å². The average molecular weight is 429 g/mol. The molecule has 0 radical (unpaired) electrons. The van der Waals surface area contributed by atoms with Crippen LogP contribution >= 0.6 is 24.8 Å². The van der Waals surface area contributed by atoms with Crippen molar-refractivity contribution in [1.82, 2.24) is 9.88 Å². The summed E-state index contributed by atoms with van der Waals surface area (Å²) in [6, 6.07) is 8.73. The lowest BCUT2D eigenvalue weighted by atomic mass is 9.89. The number of piperidine rings is 2. The molecular formula is C20H30Cl2N4O2. The molecule has 4 rings (SSSR count). The summed E-state index contributed by atoms with van der Waals surface area (Å²) in [7, 11) is 0. The van der Waals surface area contributed by atoms with E-state index in [-0.39, 0.29) is 36.8 Å². The monoisotopic (exact) mass is 428 g/mol. The van der Waals surface area contributed by atoms with Gasteiger partial charge in [0.05, 0.1) is 0 Å². The van der Waals surface area contributed by atoms with Gasteiger partial charge in [-0.05, 0) is 50.7 Å². The first-order chi connectivity index (χ1) is 12.6. The number of rotatable bonds is 3. The van der Waals surface area contributed by atoms with E-state index in [4.69, 9.17) is 10.2 Å². The second-order valence-electron chi connectivity index (χ2n) is 7.75. The van der Waals surface area contributed by atoms with E-state index in [9.17, 15) is 4.79 Å². The van der Waals surface area contributed by atoms with Gasteiger partial charge in [0.1, 0.15) is 5.52 Å². The Kier molecular flexibility index (Phi) is 7.98. The molecule has 2 saturated heterocycles. The Balaban J connectivity index is 0.00000140. The number of nitrogens with zero attached hydrogens (tertiary/aromatic N) is 3. The predicted molar refractivity (Wildman–Crippen MR) is 116 cm³/mol. The fraction of sp³-hybridized carbons (Fsp3) is 0.600. The van der Waals surface area contributed by atoms with Crippen LogP contribution in [-0.4, -0.2) is 48.0 Å². The van der Waals surface area contributed by atoms with Gasteiger partial charge in [0, 0.05) is 38.1 Å². The molecular weight excluding hydrogens is 399 g/mol. The van der Waals surface area contributed by atoms with E-state index in [0.29, 0.717) is 17.8 Å². The number of para-hydroxylation sites is 2. The first-order valence-electron chi connectivity index (χ1n) is 9.76.